The molecule has 136 valence electrons. The fraction of sp³-hybridized carbons (Fsp3) is 1.00. The molecule has 4 aliphatic heterocycles. The molecule has 0 bridgehead atoms. The van der Waals surface area contributed by atoms with Gasteiger partial charge in [-0.25, -0.2) is 0 Å². The molecule has 8 nitrogen and oxygen atoms in total. The zero-order chi connectivity index (χ0) is 17.0. The highest BCUT2D eigenvalue weighted by Crippen LogP contribution is 2.46. The van der Waals surface area contributed by atoms with E-state index in [1.54, 1.807) is 0 Å². The molecule has 12 heteroatoms. The molecule has 0 aromatic carbocycles. The molecule has 0 unspecified atom stereocenters. The summed E-state index contributed by atoms with van der Waals surface area (Å²) in [5, 5.41) is -0.998. The van der Waals surface area contributed by atoms with Gasteiger partial charge in [0.25, 0.3) is 0 Å². The Labute approximate surface area is 150 Å². The van der Waals surface area contributed by atoms with Crippen LogP contribution in [0.5, 0.6) is 0 Å². The predicted octanol–water partition coefficient (Wildman–Crippen LogP) is 0.0448. The fourth-order valence-corrected chi connectivity index (χ4v) is 3.77. The first-order valence-corrected chi connectivity index (χ1v) is 9.35. The largest absolute Gasteiger partial charge is 0.456 e. The maximum absolute atomic E-state index is 6.00. The molecule has 4 aliphatic rings. The maximum Gasteiger partial charge on any atom is 0.456 e. The van der Waals surface area contributed by atoms with E-state index < -0.39 is 33.5 Å². The zero-order valence-electron chi connectivity index (χ0n) is 14.6. The summed E-state index contributed by atoms with van der Waals surface area (Å²) in [6, 6.07) is 0. The summed E-state index contributed by atoms with van der Waals surface area (Å²) in [5.41, 5.74) is 0. The summed E-state index contributed by atoms with van der Waals surface area (Å²) in [6.45, 7) is 4.77. The minimum Gasteiger partial charge on any atom is -0.412 e. The van der Waals surface area contributed by atoms with Gasteiger partial charge in [0.05, 0.1) is 0 Å². The van der Waals surface area contributed by atoms with E-state index in [0.29, 0.717) is 52.9 Å². The molecule has 4 fully saturated rings. The van der Waals surface area contributed by atoms with Gasteiger partial charge in [-0.2, -0.15) is 0 Å². The van der Waals surface area contributed by atoms with Crippen molar-refractivity contribution in [1.82, 2.24) is 0 Å². The minimum atomic E-state index is -0.998. The number of rotatable bonds is 4. The molecule has 0 radical (unpaired) electrons. The lowest BCUT2D eigenvalue weighted by Crippen LogP contribution is -2.71. The Balaban J connectivity index is 1.70. The number of hydrogen-bond acceptors (Lipinski definition) is 8. The van der Waals surface area contributed by atoms with Crippen molar-refractivity contribution in [2.75, 3.05) is 52.9 Å². The molecule has 0 aliphatic carbocycles. The van der Waals surface area contributed by atoms with Crippen LogP contribution in [0.25, 0.3) is 0 Å². The van der Waals surface area contributed by atoms with Gasteiger partial charge in [-0.15, -0.1) is 0 Å². The molecule has 0 aromatic rings. The van der Waals surface area contributed by atoms with Crippen molar-refractivity contribution in [3.05, 3.63) is 0 Å². The van der Waals surface area contributed by atoms with E-state index in [1.165, 1.54) is 0 Å². The third kappa shape index (κ3) is 3.68. The minimum absolute atomic E-state index is 0.596. The highest BCUT2D eigenvalue weighted by Gasteiger charge is 2.75. The molecule has 0 N–H and O–H groups in total. The SMILES string of the molecule is C1COB(C(B2OCCCO2)(B2OCCCO2)B2OCCCO2)OC1. The van der Waals surface area contributed by atoms with Gasteiger partial charge in [0, 0.05) is 52.9 Å². The van der Waals surface area contributed by atoms with Crippen LogP contribution in [0, 0.1) is 0 Å². The van der Waals surface area contributed by atoms with Gasteiger partial charge in [-0.3, -0.25) is 0 Å². The molecule has 0 spiro atoms. The molecule has 0 saturated carbocycles. The Morgan fingerprint density at radius 1 is 0.360 bits per heavy atom. The van der Waals surface area contributed by atoms with Crippen molar-refractivity contribution in [3.63, 3.8) is 0 Å². The third-order valence-electron chi connectivity index (χ3n) is 4.94. The third-order valence-corrected chi connectivity index (χ3v) is 4.94. The Morgan fingerprint density at radius 3 is 0.760 bits per heavy atom. The van der Waals surface area contributed by atoms with E-state index in [2.05, 4.69) is 0 Å². The van der Waals surface area contributed by atoms with Crippen LogP contribution >= 0.6 is 0 Å². The van der Waals surface area contributed by atoms with E-state index in [9.17, 15) is 0 Å². The molecular formula is C13H24B4O8. The van der Waals surface area contributed by atoms with Crippen molar-refractivity contribution in [1.29, 1.82) is 0 Å². The first-order valence-electron chi connectivity index (χ1n) is 9.35. The van der Waals surface area contributed by atoms with Gasteiger partial charge < -0.3 is 37.2 Å². The fourth-order valence-electron chi connectivity index (χ4n) is 3.77. The van der Waals surface area contributed by atoms with Crippen LogP contribution in [0.4, 0.5) is 0 Å². The van der Waals surface area contributed by atoms with Crippen molar-refractivity contribution in [2.24, 2.45) is 0 Å². The molecule has 25 heavy (non-hydrogen) atoms. The van der Waals surface area contributed by atoms with Crippen LogP contribution in [0.3, 0.4) is 0 Å². The van der Waals surface area contributed by atoms with Gasteiger partial charge in [0.15, 0.2) is 0 Å². The average Bonchev–Trinajstić information content (AvgIpc) is 2.72. The van der Waals surface area contributed by atoms with Crippen LogP contribution in [-0.2, 0) is 37.2 Å². The second kappa shape index (κ2) is 8.75. The predicted molar refractivity (Wildman–Crippen MR) is 91.8 cm³/mol. The van der Waals surface area contributed by atoms with Crippen LogP contribution < -0.4 is 0 Å². The van der Waals surface area contributed by atoms with Crippen LogP contribution in [0.1, 0.15) is 25.7 Å². The van der Waals surface area contributed by atoms with E-state index in [1.807, 2.05) is 0 Å². The lowest BCUT2D eigenvalue weighted by Gasteiger charge is -2.46. The first-order chi connectivity index (χ1) is 12.4. The van der Waals surface area contributed by atoms with Gasteiger partial charge in [0.1, 0.15) is 5.01 Å². The zero-order valence-corrected chi connectivity index (χ0v) is 14.6. The summed E-state index contributed by atoms with van der Waals surface area (Å²) in [7, 11) is -2.57. The molecule has 0 amide bonds. The van der Waals surface area contributed by atoms with Crippen LogP contribution in [-0.4, -0.2) is 81.3 Å². The first kappa shape index (κ1) is 18.3. The van der Waals surface area contributed by atoms with Crippen molar-refractivity contribution in [2.45, 2.75) is 30.7 Å². The van der Waals surface area contributed by atoms with Crippen molar-refractivity contribution < 1.29 is 37.2 Å². The Hall–Kier alpha value is -0.0603. The monoisotopic (exact) mass is 352 g/mol. The van der Waals surface area contributed by atoms with Crippen molar-refractivity contribution in [3.8, 4) is 0 Å². The summed E-state index contributed by atoms with van der Waals surface area (Å²) < 4.78 is 48.0. The van der Waals surface area contributed by atoms with Crippen molar-refractivity contribution >= 4 is 28.5 Å². The average molecular weight is 352 g/mol. The second-order valence-electron chi connectivity index (χ2n) is 6.71. The molecule has 4 rings (SSSR count). The van der Waals surface area contributed by atoms with Crippen LogP contribution in [0.15, 0.2) is 0 Å². The van der Waals surface area contributed by atoms with Gasteiger partial charge in [0.2, 0.25) is 0 Å². The quantitative estimate of drug-likeness (QED) is 0.658. The van der Waals surface area contributed by atoms with Gasteiger partial charge >= 0.3 is 28.5 Å². The van der Waals surface area contributed by atoms with E-state index in [4.69, 9.17) is 37.2 Å². The summed E-state index contributed by atoms with van der Waals surface area (Å²) >= 11 is 0. The molecule has 0 atom stereocenters. The van der Waals surface area contributed by atoms with Crippen LogP contribution in [0.2, 0.25) is 5.01 Å². The lowest BCUT2D eigenvalue weighted by atomic mass is 9.12. The van der Waals surface area contributed by atoms with E-state index in [-0.39, 0.29) is 0 Å². The highest BCUT2D eigenvalue weighted by molar-refractivity contribution is 7.03. The normalized spacial score (nSPS) is 26.9. The summed E-state index contributed by atoms with van der Waals surface area (Å²) in [5.74, 6) is 0. The Kier molecular flexibility index (Phi) is 6.41. The molecule has 4 saturated heterocycles. The highest BCUT2D eigenvalue weighted by atomic mass is 16.7. The van der Waals surface area contributed by atoms with Gasteiger partial charge in [-0.1, -0.05) is 0 Å². The summed E-state index contributed by atoms with van der Waals surface area (Å²) in [6.07, 6.45) is 3.38. The standard InChI is InChI=1S/C13H24B4O8/c1-5-18-14(19-6-1)13(15-20-7-2-8-21-15,16-22-9-3-10-23-16)17-24-11-4-12-25-17/h1-12H2. The Bertz CT molecular complexity index is 331. The topological polar surface area (TPSA) is 73.8 Å². The smallest absolute Gasteiger partial charge is 0.412 e. The molecular weight excluding hydrogens is 327 g/mol. The Morgan fingerprint density at radius 2 is 0.560 bits per heavy atom. The van der Waals surface area contributed by atoms with E-state index >= 15 is 0 Å². The lowest BCUT2D eigenvalue weighted by molar-refractivity contribution is 0.0702. The van der Waals surface area contributed by atoms with Gasteiger partial charge in [-0.05, 0) is 25.7 Å². The second-order valence-corrected chi connectivity index (χ2v) is 6.71. The maximum atomic E-state index is 6.00. The van der Waals surface area contributed by atoms with E-state index in [0.717, 1.165) is 25.7 Å². The molecule has 4 heterocycles. The number of hydrogen-bond donors (Lipinski definition) is 0. The molecule has 0 aromatic heterocycles. The summed E-state index contributed by atoms with van der Waals surface area (Å²) in [4.78, 5) is 0.